The topological polar surface area (TPSA) is 46.0 Å². The lowest BCUT2D eigenvalue weighted by Gasteiger charge is -1.97. The second-order valence-electron chi connectivity index (χ2n) is 2.73. The third-order valence-electron chi connectivity index (χ3n) is 1.72. The Kier molecular flexibility index (Phi) is 1.43. The van der Waals surface area contributed by atoms with E-state index in [-0.39, 0.29) is 6.01 Å². The number of nitrogens with zero attached hydrogens (tertiary/aromatic N) is 2. The third kappa shape index (κ3) is 1.09. The van der Waals surface area contributed by atoms with E-state index in [2.05, 4.69) is 9.97 Å². The van der Waals surface area contributed by atoms with Gasteiger partial charge in [-0.3, -0.25) is 0 Å². The van der Waals surface area contributed by atoms with Gasteiger partial charge in [0.25, 0.3) is 0 Å². The van der Waals surface area contributed by atoms with Crippen molar-refractivity contribution >= 4 is 10.9 Å². The molecule has 0 saturated heterocycles. The van der Waals surface area contributed by atoms with Crippen LogP contribution >= 0.6 is 0 Å². The molecule has 60 valence electrons. The van der Waals surface area contributed by atoms with E-state index in [4.69, 9.17) is 5.11 Å². The van der Waals surface area contributed by atoms with Crippen molar-refractivity contribution in [2.24, 2.45) is 0 Å². The van der Waals surface area contributed by atoms with Crippen molar-refractivity contribution in [2.45, 2.75) is 6.92 Å². The Labute approximate surface area is 69.7 Å². The number of fused-ring (bicyclic) bond motifs is 1. The van der Waals surface area contributed by atoms with Gasteiger partial charge in [0.2, 0.25) is 0 Å². The van der Waals surface area contributed by atoms with Crippen LogP contribution in [0.4, 0.5) is 0 Å². The molecule has 1 N–H and O–H groups in total. The fraction of sp³-hybridized carbons (Fsp3) is 0.111. The van der Waals surface area contributed by atoms with Gasteiger partial charge in [0.1, 0.15) is 0 Å². The molecule has 2 rings (SSSR count). The minimum absolute atomic E-state index is 0.175. The summed E-state index contributed by atoms with van der Waals surface area (Å²) in [6.45, 7) is 2.01. The van der Waals surface area contributed by atoms with Crippen LogP contribution in [0.2, 0.25) is 0 Å². The maximum Gasteiger partial charge on any atom is 0.314 e. The number of benzene rings is 1. The molecule has 1 aromatic heterocycles. The Morgan fingerprint density at radius 3 is 3.00 bits per heavy atom. The average molecular weight is 160 g/mol. The van der Waals surface area contributed by atoms with Crippen LogP contribution in [-0.4, -0.2) is 15.1 Å². The number of aromatic nitrogens is 2. The molecule has 1 aromatic carbocycles. The number of rotatable bonds is 0. The second-order valence-corrected chi connectivity index (χ2v) is 2.73. The Hall–Kier alpha value is -1.64. The van der Waals surface area contributed by atoms with E-state index in [9.17, 15) is 0 Å². The normalized spacial score (nSPS) is 10.4. The quantitative estimate of drug-likeness (QED) is 0.637. The lowest BCUT2D eigenvalue weighted by molar-refractivity contribution is 0.433. The van der Waals surface area contributed by atoms with Gasteiger partial charge >= 0.3 is 6.01 Å². The first-order valence-electron chi connectivity index (χ1n) is 3.68. The molecule has 0 aliphatic carbocycles. The van der Waals surface area contributed by atoms with Crippen molar-refractivity contribution in [1.82, 2.24) is 9.97 Å². The second kappa shape index (κ2) is 2.44. The zero-order valence-electron chi connectivity index (χ0n) is 6.65. The van der Waals surface area contributed by atoms with Crippen molar-refractivity contribution in [3.63, 3.8) is 0 Å². The molecular weight excluding hydrogens is 152 g/mol. The largest absolute Gasteiger partial charge is 0.479 e. The van der Waals surface area contributed by atoms with Crippen LogP contribution in [0.1, 0.15) is 5.56 Å². The van der Waals surface area contributed by atoms with E-state index in [0.717, 1.165) is 16.5 Å². The van der Waals surface area contributed by atoms with E-state index < -0.39 is 0 Å². The first-order chi connectivity index (χ1) is 5.75. The minimum Gasteiger partial charge on any atom is -0.479 e. The molecular formula is C9H8N2O. The Morgan fingerprint density at radius 1 is 1.33 bits per heavy atom. The van der Waals surface area contributed by atoms with Crippen LogP contribution < -0.4 is 0 Å². The molecule has 12 heavy (non-hydrogen) atoms. The van der Waals surface area contributed by atoms with Crippen LogP contribution in [0.25, 0.3) is 10.9 Å². The van der Waals surface area contributed by atoms with Crippen LogP contribution in [0, 0.1) is 6.92 Å². The number of aryl methyl sites for hydroxylation is 1. The lowest BCUT2D eigenvalue weighted by Crippen LogP contribution is -1.83. The summed E-state index contributed by atoms with van der Waals surface area (Å²) in [6.07, 6.45) is 1.62. The summed E-state index contributed by atoms with van der Waals surface area (Å²) in [5, 5.41) is 9.93. The van der Waals surface area contributed by atoms with Crippen LogP contribution in [0.5, 0.6) is 6.01 Å². The highest BCUT2D eigenvalue weighted by atomic mass is 16.3. The van der Waals surface area contributed by atoms with Gasteiger partial charge in [0.05, 0.1) is 5.52 Å². The Bertz CT molecular complexity index is 385. The maximum absolute atomic E-state index is 8.98. The number of aromatic hydroxyl groups is 1. The van der Waals surface area contributed by atoms with Gasteiger partial charge in [-0.05, 0) is 19.1 Å². The van der Waals surface area contributed by atoms with E-state index in [1.807, 2.05) is 25.1 Å². The van der Waals surface area contributed by atoms with Crippen LogP contribution in [0.3, 0.4) is 0 Å². The highest BCUT2D eigenvalue weighted by Crippen LogP contribution is 2.14. The molecule has 0 radical (unpaired) electrons. The molecule has 1 heterocycles. The smallest absolute Gasteiger partial charge is 0.314 e. The van der Waals surface area contributed by atoms with Gasteiger partial charge in [-0.1, -0.05) is 11.6 Å². The highest BCUT2D eigenvalue weighted by Gasteiger charge is 1.96. The molecule has 3 heteroatoms. The third-order valence-corrected chi connectivity index (χ3v) is 1.72. The molecule has 0 atom stereocenters. The van der Waals surface area contributed by atoms with E-state index in [1.54, 1.807) is 6.20 Å². The average Bonchev–Trinajstić information content (AvgIpc) is 2.05. The molecule has 0 bridgehead atoms. The van der Waals surface area contributed by atoms with Crippen LogP contribution in [-0.2, 0) is 0 Å². The maximum atomic E-state index is 8.98. The van der Waals surface area contributed by atoms with E-state index in [0.29, 0.717) is 0 Å². The highest BCUT2D eigenvalue weighted by molar-refractivity contribution is 5.78. The van der Waals surface area contributed by atoms with Gasteiger partial charge in [-0.2, -0.15) is 4.98 Å². The van der Waals surface area contributed by atoms with Crippen molar-refractivity contribution in [3.8, 4) is 6.01 Å². The van der Waals surface area contributed by atoms with Crippen molar-refractivity contribution in [3.05, 3.63) is 30.0 Å². The molecule has 3 nitrogen and oxygen atoms in total. The molecule has 0 saturated carbocycles. The molecule has 0 aliphatic heterocycles. The molecule has 2 aromatic rings. The minimum atomic E-state index is -0.175. The summed E-state index contributed by atoms with van der Waals surface area (Å²) in [4.78, 5) is 7.55. The first kappa shape index (κ1) is 7.03. The summed E-state index contributed by atoms with van der Waals surface area (Å²) >= 11 is 0. The van der Waals surface area contributed by atoms with Crippen molar-refractivity contribution < 1.29 is 5.11 Å². The van der Waals surface area contributed by atoms with Gasteiger partial charge in [0.15, 0.2) is 0 Å². The molecule has 0 fully saturated rings. The van der Waals surface area contributed by atoms with Gasteiger partial charge in [-0.25, -0.2) is 4.98 Å². The molecule has 0 unspecified atom stereocenters. The molecule has 0 spiro atoms. The zero-order chi connectivity index (χ0) is 8.55. The van der Waals surface area contributed by atoms with Gasteiger partial charge < -0.3 is 5.11 Å². The van der Waals surface area contributed by atoms with Gasteiger partial charge in [0, 0.05) is 11.6 Å². The summed E-state index contributed by atoms with van der Waals surface area (Å²) in [5.41, 5.74) is 1.94. The fourth-order valence-electron chi connectivity index (χ4n) is 1.14. The predicted molar refractivity (Wildman–Crippen MR) is 45.9 cm³/mol. The zero-order valence-corrected chi connectivity index (χ0v) is 6.65. The Morgan fingerprint density at radius 2 is 2.17 bits per heavy atom. The summed E-state index contributed by atoms with van der Waals surface area (Å²) in [7, 11) is 0. The lowest BCUT2D eigenvalue weighted by atomic mass is 10.2. The molecule has 0 aliphatic rings. The van der Waals surface area contributed by atoms with E-state index in [1.165, 1.54) is 0 Å². The van der Waals surface area contributed by atoms with Crippen molar-refractivity contribution in [2.75, 3.05) is 0 Å². The number of hydrogen-bond acceptors (Lipinski definition) is 3. The standard InChI is InChI=1S/C9H8N2O/c1-6-2-3-8-7(4-6)5-10-9(12)11-8/h2-5H,1H3,(H,10,11,12). The SMILES string of the molecule is Cc1ccc2nc(O)ncc2c1. The monoisotopic (exact) mass is 160 g/mol. The Balaban J connectivity index is 2.79. The number of hydrogen-bond donors (Lipinski definition) is 1. The van der Waals surface area contributed by atoms with Crippen LogP contribution in [0.15, 0.2) is 24.4 Å². The summed E-state index contributed by atoms with van der Waals surface area (Å²) in [6, 6.07) is 5.63. The summed E-state index contributed by atoms with van der Waals surface area (Å²) in [5.74, 6) is 0. The molecule has 0 amide bonds. The van der Waals surface area contributed by atoms with Crippen molar-refractivity contribution in [1.29, 1.82) is 0 Å². The first-order valence-corrected chi connectivity index (χ1v) is 3.68. The predicted octanol–water partition coefficient (Wildman–Crippen LogP) is 1.64. The van der Waals surface area contributed by atoms with Gasteiger partial charge in [-0.15, -0.1) is 0 Å². The summed E-state index contributed by atoms with van der Waals surface area (Å²) < 4.78 is 0. The van der Waals surface area contributed by atoms with E-state index >= 15 is 0 Å². The fourth-order valence-corrected chi connectivity index (χ4v) is 1.14.